The van der Waals surface area contributed by atoms with Gasteiger partial charge in [-0.3, -0.25) is 4.79 Å². The van der Waals surface area contributed by atoms with Crippen molar-refractivity contribution in [1.82, 2.24) is 5.32 Å². The van der Waals surface area contributed by atoms with Crippen LogP contribution in [0.3, 0.4) is 0 Å². The van der Waals surface area contributed by atoms with Crippen molar-refractivity contribution in [2.45, 2.75) is 32.3 Å². The van der Waals surface area contributed by atoms with Gasteiger partial charge in [0.25, 0.3) is 0 Å². The van der Waals surface area contributed by atoms with E-state index in [-0.39, 0.29) is 18.3 Å². The zero-order valence-corrected chi connectivity index (χ0v) is 15.3. The zero-order chi connectivity index (χ0) is 17.0. The molecular weight excluding hydrogens is 336 g/mol. The predicted octanol–water partition coefficient (Wildman–Crippen LogP) is 3.74. The highest BCUT2D eigenvalue weighted by Crippen LogP contribution is 2.12. The number of halogens is 1. The van der Waals surface area contributed by atoms with Crippen molar-refractivity contribution in [1.29, 1.82) is 0 Å². The normalized spacial score (nSPS) is 10.1. The SMILES string of the molecule is Cl.Nc1ccccc1CCC(=O)NCCCCOCc1ccccc1. The molecule has 2 rings (SSSR count). The maximum absolute atomic E-state index is 11.8. The second-order valence-corrected chi connectivity index (χ2v) is 5.79. The van der Waals surface area contributed by atoms with Crippen molar-refractivity contribution in [2.75, 3.05) is 18.9 Å². The van der Waals surface area contributed by atoms with Crippen LogP contribution >= 0.6 is 12.4 Å². The Bertz CT molecular complexity index is 620. The summed E-state index contributed by atoms with van der Waals surface area (Å²) >= 11 is 0. The summed E-state index contributed by atoms with van der Waals surface area (Å²) in [5, 5.41) is 2.95. The quantitative estimate of drug-likeness (QED) is 0.500. The minimum absolute atomic E-state index is 0. The molecule has 5 heteroatoms. The van der Waals surface area contributed by atoms with Crippen molar-refractivity contribution in [3.8, 4) is 0 Å². The number of rotatable bonds is 10. The molecule has 0 fully saturated rings. The van der Waals surface area contributed by atoms with Crippen LogP contribution in [-0.4, -0.2) is 19.1 Å². The van der Waals surface area contributed by atoms with Gasteiger partial charge in [-0.2, -0.15) is 0 Å². The molecular formula is C20H27ClN2O2. The Kier molecular flexibility index (Phi) is 10.4. The Morgan fingerprint density at radius 1 is 1.00 bits per heavy atom. The van der Waals surface area contributed by atoms with Gasteiger partial charge in [-0.05, 0) is 36.5 Å². The van der Waals surface area contributed by atoms with E-state index in [0.29, 0.717) is 32.6 Å². The lowest BCUT2D eigenvalue weighted by molar-refractivity contribution is -0.121. The first-order valence-corrected chi connectivity index (χ1v) is 8.47. The predicted molar refractivity (Wildman–Crippen MR) is 105 cm³/mol. The Labute approximate surface area is 156 Å². The Morgan fingerprint density at radius 2 is 1.72 bits per heavy atom. The zero-order valence-electron chi connectivity index (χ0n) is 14.4. The highest BCUT2D eigenvalue weighted by Gasteiger charge is 2.03. The molecule has 4 nitrogen and oxygen atoms in total. The van der Waals surface area contributed by atoms with Crippen LogP contribution < -0.4 is 11.1 Å². The Morgan fingerprint density at radius 3 is 2.48 bits per heavy atom. The summed E-state index contributed by atoms with van der Waals surface area (Å²) in [6.07, 6.45) is 3.02. The van der Waals surface area contributed by atoms with Crippen LogP contribution in [0.1, 0.15) is 30.4 Å². The molecule has 2 aromatic carbocycles. The molecule has 0 aliphatic rings. The van der Waals surface area contributed by atoms with E-state index in [4.69, 9.17) is 10.5 Å². The number of para-hydroxylation sites is 1. The van der Waals surface area contributed by atoms with E-state index in [0.717, 1.165) is 24.1 Å². The van der Waals surface area contributed by atoms with E-state index in [9.17, 15) is 4.79 Å². The molecule has 0 aromatic heterocycles. The monoisotopic (exact) mass is 362 g/mol. The average Bonchev–Trinajstić information content (AvgIpc) is 2.61. The molecule has 2 aromatic rings. The maximum Gasteiger partial charge on any atom is 0.220 e. The number of aryl methyl sites for hydroxylation is 1. The number of amides is 1. The van der Waals surface area contributed by atoms with Crippen LogP contribution in [0.2, 0.25) is 0 Å². The van der Waals surface area contributed by atoms with Crippen LogP contribution in [0.15, 0.2) is 54.6 Å². The molecule has 0 bridgehead atoms. The maximum atomic E-state index is 11.8. The van der Waals surface area contributed by atoms with Crippen LogP contribution in [-0.2, 0) is 22.6 Å². The van der Waals surface area contributed by atoms with Crippen molar-refractivity contribution < 1.29 is 9.53 Å². The second-order valence-electron chi connectivity index (χ2n) is 5.79. The van der Waals surface area contributed by atoms with E-state index < -0.39 is 0 Å². The third-order valence-electron chi connectivity index (χ3n) is 3.83. The highest BCUT2D eigenvalue weighted by atomic mass is 35.5. The summed E-state index contributed by atoms with van der Waals surface area (Å²) < 4.78 is 5.62. The smallest absolute Gasteiger partial charge is 0.220 e. The number of ether oxygens (including phenoxy) is 1. The number of carbonyl (C=O) groups is 1. The molecule has 0 saturated heterocycles. The standard InChI is InChI=1S/C20H26N2O2.ClH/c21-19-11-5-4-10-18(19)12-13-20(23)22-14-6-7-15-24-16-17-8-2-1-3-9-17;/h1-5,8-11H,6-7,12-16,21H2,(H,22,23);1H. The van der Waals surface area contributed by atoms with Crippen LogP contribution in [0, 0.1) is 0 Å². The van der Waals surface area contributed by atoms with Gasteiger partial charge in [0.1, 0.15) is 0 Å². The molecule has 1 amide bonds. The number of carbonyl (C=O) groups excluding carboxylic acids is 1. The minimum Gasteiger partial charge on any atom is -0.399 e. The van der Waals surface area contributed by atoms with Gasteiger partial charge < -0.3 is 15.8 Å². The van der Waals surface area contributed by atoms with E-state index in [2.05, 4.69) is 17.4 Å². The first kappa shape index (κ1) is 21.0. The van der Waals surface area contributed by atoms with Gasteiger partial charge in [-0.1, -0.05) is 48.5 Å². The van der Waals surface area contributed by atoms with Gasteiger partial charge in [0, 0.05) is 25.3 Å². The van der Waals surface area contributed by atoms with Crippen LogP contribution in [0.5, 0.6) is 0 Å². The van der Waals surface area contributed by atoms with Gasteiger partial charge in [-0.25, -0.2) is 0 Å². The minimum atomic E-state index is 0. The summed E-state index contributed by atoms with van der Waals surface area (Å²) in [6.45, 7) is 2.05. The van der Waals surface area contributed by atoms with Gasteiger partial charge in [0.2, 0.25) is 5.91 Å². The number of nitrogens with one attached hydrogen (secondary N) is 1. The molecule has 0 radical (unpaired) electrons. The number of anilines is 1. The highest BCUT2D eigenvalue weighted by molar-refractivity contribution is 5.85. The fourth-order valence-electron chi connectivity index (χ4n) is 2.42. The van der Waals surface area contributed by atoms with Crippen molar-refractivity contribution in [3.05, 3.63) is 65.7 Å². The number of nitrogen functional groups attached to an aromatic ring is 1. The molecule has 0 saturated carbocycles. The van der Waals surface area contributed by atoms with E-state index in [1.807, 2.05) is 42.5 Å². The number of benzene rings is 2. The fraction of sp³-hybridized carbons (Fsp3) is 0.350. The summed E-state index contributed by atoms with van der Waals surface area (Å²) in [7, 11) is 0. The van der Waals surface area contributed by atoms with Crippen molar-refractivity contribution in [2.24, 2.45) is 0 Å². The third-order valence-corrected chi connectivity index (χ3v) is 3.83. The molecule has 0 heterocycles. The summed E-state index contributed by atoms with van der Waals surface area (Å²) in [4.78, 5) is 11.8. The first-order valence-electron chi connectivity index (χ1n) is 8.47. The first-order chi connectivity index (χ1) is 11.8. The van der Waals surface area contributed by atoms with E-state index in [1.165, 1.54) is 5.56 Å². The molecule has 136 valence electrons. The number of nitrogens with two attached hydrogens (primary N) is 1. The molecule has 25 heavy (non-hydrogen) atoms. The van der Waals surface area contributed by atoms with E-state index >= 15 is 0 Å². The summed E-state index contributed by atoms with van der Waals surface area (Å²) in [6, 6.07) is 17.8. The van der Waals surface area contributed by atoms with Gasteiger partial charge in [-0.15, -0.1) is 12.4 Å². The van der Waals surface area contributed by atoms with Gasteiger partial charge in [0.05, 0.1) is 6.61 Å². The lowest BCUT2D eigenvalue weighted by Crippen LogP contribution is -2.24. The van der Waals surface area contributed by atoms with Crippen LogP contribution in [0.25, 0.3) is 0 Å². The Hall–Kier alpha value is -2.04. The van der Waals surface area contributed by atoms with Crippen molar-refractivity contribution >= 4 is 24.0 Å². The number of hydrogen-bond acceptors (Lipinski definition) is 3. The molecule has 3 N–H and O–H groups in total. The average molecular weight is 363 g/mol. The largest absolute Gasteiger partial charge is 0.399 e. The topological polar surface area (TPSA) is 64.4 Å². The molecule has 0 aliphatic heterocycles. The lowest BCUT2D eigenvalue weighted by Gasteiger charge is -2.07. The molecule has 0 aliphatic carbocycles. The van der Waals surface area contributed by atoms with Gasteiger partial charge in [0.15, 0.2) is 0 Å². The fourth-order valence-corrected chi connectivity index (χ4v) is 2.42. The Balaban J connectivity index is 0.00000312. The van der Waals surface area contributed by atoms with E-state index in [1.54, 1.807) is 0 Å². The van der Waals surface area contributed by atoms with Crippen LogP contribution in [0.4, 0.5) is 5.69 Å². The third kappa shape index (κ3) is 8.57. The summed E-state index contributed by atoms with van der Waals surface area (Å²) in [5.41, 5.74) is 8.84. The lowest BCUT2D eigenvalue weighted by atomic mass is 10.1. The molecule has 0 unspecified atom stereocenters. The number of unbranched alkanes of at least 4 members (excludes halogenated alkanes) is 1. The second kappa shape index (κ2) is 12.3. The molecule has 0 spiro atoms. The van der Waals surface area contributed by atoms with Crippen molar-refractivity contribution in [3.63, 3.8) is 0 Å². The number of hydrogen-bond donors (Lipinski definition) is 2. The molecule has 0 atom stereocenters. The van der Waals surface area contributed by atoms with Gasteiger partial charge >= 0.3 is 0 Å². The summed E-state index contributed by atoms with van der Waals surface area (Å²) in [5.74, 6) is 0.0726.